The summed E-state index contributed by atoms with van der Waals surface area (Å²) in [6.45, 7) is 6.27. The van der Waals surface area contributed by atoms with Gasteiger partial charge in [0.2, 0.25) is 11.8 Å². The number of morpholine rings is 1. The van der Waals surface area contributed by atoms with Crippen molar-refractivity contribution in [1.82, 2.24) is 15.1 Å². The van der Waals surface area contributed by atoms with E-state index in [9.17, 15) is 9.59 Å². The van der Waals surface area contributed by atoms with E-state index in [2.05, 4.69) is 5.32 Å². The summed E-state index contributed by atoms with van der Waals surface area (Å²) in [5.41, 5.74) is 5.38. The average Bonchev–Trinajstić information content (AvgIpc) is 2.53. The Morgan fingerprint density at radius 3 is 2.52 bits per heavy atom. The first-order valence-corrected chi connectivity index (χ1v) is 7.71. The lowest BCUT2D eigenvalue weighted by Crippen LogP contribution is -2.56. The van der Waals surface area contributed by atoms with Gasteiger partial charge in [-0.25, -0.2) is 0 Å². The van der Waals surface area contributed by atoms with E-state index in [0.717, 1.165) is 25.9 Å². The van der Waals surface area contributed by atoms with Crippen LogP contribution >= 0.6 is 0 Å². The molecule has 2 amide bonds. The summed E-state index contributed by atoms with van der Waals surface area (Å²) in [6, 6.07) is -0.0857. The molecule has 2 saturated heterocycles. The van der Waals surface area contributed by atoms with Crippen LogP contribution in [0.3, 0.4) is 0 Å². The van der Waals surface area contributed by atoms with Crippen LogP contribution in [0.15, 0.2) is 0 Å². The van der Waals surface area contributed by atoms with Gasteiger partial charge in [-0.2, -0.15) is 0 Å². The van der Waals surface area contributed by atoms with Crippen molar-refractivity contribution in [1.29, 1.82) is 0 Å². The highest BCUT2D eigenvalue weighted by molar-refractivity contribution is 5.83. The number of ether oxygens (including phenoxy) is 1. The number of rotatable bonds is 5. The molecule has 7 nitrogen and oxygen atoms in total. The van der Waals surface area contributed by atoms with E-state index in [-0.39, 0.29) is 30.4 Å². The number of primary amides is 1. The molecule has 2 fully saturated rings. The Labute approximate surface area is 125 Å². The largest absolute Gasteiger partial charge is 0.378 e. The first kappa shape index (κ1) is 16.2. The van der Waals surface area contributed by atoms with Crippen molar-refractivity contribution >= 4 is 11.8 Å². The second-order valence-corrected chi connectivity index (χ2v) is 5.73. The predicted molar refractivity (Wildman–Crippen MR) is 78.7 cm³/mol. The van der Waals surface area contributed by atoms with Gasteiger partial charge in [0, 0.05) is 19.1 Å². The molecule has 0 spiro atoms. The smallest absolute Gasteiger partial charge is 0.239 e. The predicted octanol–water partition coefficient (Wildman–Crippen LogP) is -1.23. The minimum absolute atomic E-state index is 0.0677. The number of nitrogens with zero attached hydrogens (tertiary/aromatic N) is 2. The van der Waals surface area contributed by atoms with E-state index in [4.69, 9.17) is 10.5 Å². The van der Waals surface area contributed by atoms with Crippen LogP contribution in [0.4, 0.5) is 0 Å². The Balaban J connectivity index is 2.02. The third-order valence-corrected chi connectivity index (χ3v) is 4.29. The molecule has 7 heteroatoms. The summed E-state index contributed by atoms with van der Waals surface area (Å²) in [7, 11) is 0. The number of carbonyl (C=O) groups excluding carboxylic acids is 2. The molecule has 0 aliphatic carbocycles. The van der Waals surface area contributed by atoms with Gasteiger partial charge < -0.3 is 20.7 Å². The van der Waals surface area contributed by atoms with Crippen LogP contribution in [-0.2, 0) is 14.3 Å². The Morgan fingerprint density at radius 2 is 1.95 bits per heavy atom. The van der Waals surface area contributed by atoms with Gasteiger partial charge in [-0.15, -0.1) is 0 Å². The Kier molecular flexibility index (Phi) is 5.96. The molecular weight excluding hydrogens is 272 g/mol. The second-order valence-electron chi connectivity index (χ2n) is 5.73. The summed E-state index contributed by atoms with van der Waals surface area (Å²) < 4.78 is 5.28. The molecule has 2 aliphatic heterocycles. The average molecular weight is 298 g/mol. The number of nitrogens with one attached hydrogen (secondary N) is 1. The minimum atomic E-state index is -0.379. The van der Waals surface area contributed by atoms with E-state index in [1.807, 2.05) is 16.7 Å². The molecule has 1 unspecified atom stereocenters. The lowest BCUT2D eigenvalue weighted by molar-refractivity contribution is -0.142. The van der Waals surface area contributed by atoms with E-state index >= 15 is 0 Å². The van der Waals surface area contributed by atoms with Crippen LogP contribution in [0.2, 0.25) is 0 Å². The standard InChI is InChI=1S/C14H26N4O3/c1-11(14(20)17-6-8-21-9-7-17)18(10-13(15)19)12-2-4-16-5-3-12/h11-12,16H,2-10H2,1H3,(H2,15,19). The Hall–Kier alpha value is -1.18. The summed E-state index contributed by atoms with van der Waals surface area (Å²) >= 11 is 0. The van der Waals surface area contributed by atoms with Crippen molar-refractivity contribution in [2.45, 2.75) is 31.8 Å². The monoisotopic (exact) mass is 298 g/mol. The molecule has 21 heavy (non-hydrogen) atoms. The summed E-state index contributed by atoms with van der Waals surface area (Å²) in [5, 5.41) is 3.30. The van der Waals surface area contributed by atoms with Crippen LogP contribution in [-0.4, -0.2) is 79.6 Å². The van der Waals surface area contributed by atoms with Crippen molar-refractivity contribution in [2.75, 3.05) is 45.9 Å². The highest BCUT2D eigenvalue weighted by Crippen LogP contribution is 2.17. The van der Waals surface area contributed by atoms with Gasteiger partial charge in [0.25, 0.3) is 0 Å². The molecule has 0 saturated carbocycles. The zero-order chi connectivity index (χ0) is 15.2. The van der Waals surface area contributed by atoms with Crippen molar-refractivity contribution in [3.05, 3.63) is 0 Å². The van der Waals surface area contributed by atoms with Gasteiger partial charge >= 0.3 is 0 Å². The molecule has 0 aromatic carbocycles. The van der Waals surface area contributed by atoms with E-state index < -0.39 is 0 Å². The van der Waals surface area contributed by atoms with Gasteiger partial charge in [-0.3, -0.25) is 14.5 Å². The molecule has 2 heterocycles. The first-order chi connectivity index (χ1) is 10.1. The molecule has 2 aliphatic rings. The molecule has 0 aromatic heterocycles. The Morgan fingerprint density at radius 1 is 1.33 bits per heavy atom. The van der Waals surface area contributed by atoms with Crippen molar-refractivity contribution in [3.63, 3.8) is 0 Å². The number of amides is 2. The van der Waals surface area contributed by atoms with Gasteiger partial charge in [0.15, 0.2) is 0 Å². The van der Waals surface area contributed by atoms with Gasteiger partial charge in [0.1, 0.15) is 0 Å². The van der Waals surface area contributed by atoms with Gasteiger partial charge in [0.05, 0.1) is 25.8 Å². The maximum Gasteiger partial charge on any atom is 0.239 e. The first-order valence-electron chi connectivity index (χ1n) is 7.71. The third-order valence-electron chi connectivity index (χ3n) is 4.29. The number of hydrogen-bond acceptors (Lipinski definition) is 5. The maximum atomic E-state index is 12.6. The molecule has 0 aromatic rings. The molecule has 3 N–H and O–H groups in total. The van der Waals surface area contributed by atoms with Crippen LogP contribution in [0.5, 0.6) is 0 Å². The van der Waals surface area contributed by atoms with Crippen LogP contribution < -0.4 is 11.1 Å². The quantitative estimate of drug-likeness (QED) is 0.664. The molecular formula is C14H26N4O3. The number of nitrogens with two attached hydrogens (primary N) is 1. The SMILES string of the molecule is CC(C(=O)N1CCOCC1)N(CC(N)=O)C1CCNCC1. The van der Waals surface area contributed by atoms with E-state index in [1.54, 1.807) is 0 Å². The topological polar surface area (TPSA) is 87.9 Å². The number of carbonyl (C=O) groups is 2. The third kappa shape index (κ3) is 4.39. The van der Waals surface area contributed by atoms with E-state index in [1.165, 1.54) is 0 Å². The highest BCUT2D eigenvalue weighted by atomic mass is 16.5. The van der Waals surface area contributed by atoms with Crippen LogP contribution in [0.1, 0.15) is 19.8 Å². The van der Waals surface area contributed by atoms with E-state index in [0.29, 0.717) is 26.3 Å². The van der Waals surface area contributed by atoms with Gasteiger partial charge in [-0.1, -0.05) is 0 Å². The fraction of sp³-hybridized carbons (Fsp3) is 0.857. The second kappa shape index (κ2) is 7.72. The molecule has 1 atom stereocenters. The van der Waals surface area contributed by atoms with Crippen LogP contribution in [0, 0.1) is 0 Å². The molecule has 0 bridgehead atoms. The summed E-state index contributed by atoms with van der Waals surface area (Å²) in [4.78, 5) is 27.8. The Bertz CT molecular complexity index is 365. The zero-order valence-electron chi connectivity index (χ0n) is 12.7. The lowest BCUT2D eigenvalue weighted by Gasteiger charge is -2.39. The molecule has 120 valence electrons. The fourth-order valence-electron chi connectivity index (χ4n) is 3.09. The summed E-state index contributed by atoms with van der Waals surface area (Å²) in [6.07, 6.45) is 1.88. The van der Waals surface area contributed by atoms with Crippen molar-refractivity contribution in [2.24, 2.45) is 5.73 Å². The number of hydrogen-bond donors (Lipinski definition) is 2. The number of piperidine rings is 1. The lowest BCUT2D eigenvalue weighted by atomic mass is 10.0. The van der Waals surface area contributed by atoms with Crippen LogP contribution in [0.25, 0.3) is 0 Å². The maximum absolute atomic E-state index is 12.6. The zero-order valence-corrected chi connectivity index (χ0v) is 12.7. The normalized spacial score (nSPS) is 22.3. The van der Waals surface area contributed by atoms with Crippen molar-refractivity contribution in [3.8, 4) is 0 Å². The van der Waals surface area contributed by atoms with Gasteiger partial charge in [-0.05, 0) is 32.9 Å². The fourth-order valence-corrected chi connectivity index (χ4v) is 3.09. The summed E-state index contributed by atoms with van der Waals surface area (Å²) in [5.74, 6) is -0.312. The van der Waals surface area contributed by atoms with Crippen molar-refractivity contribution < 1.29 is 14.3 Å². The molecule has 2 rings (SSSR count). The highest BCUT2D eigenvalue weighted by Gasteiger charge is 2.32. The molecule has 0 radical (unpaired) electrons. The minimum Gasteiger partial charge on any atom is -0.378 e.